The third kappa shape index (κ3) is 6.04. The highest BCUT2D eigenvalue weighted by Gasteiger charge is 2.18. The van der Waals surface area contributed by atoms with Crippen LogP contribution in [0.1, 0.15) is 28.4 Å². The lowest BCUT2D eigenvalue weighted by molar-refractivity contribution is -0.140. The van der Waals surface area contributed by atoms with Crippen molar-refractivity contribution in [3.05, 3.63) is 71.3 Å². The van der Waals surface area contributed by atoms with Crippen molar-refractivity contribution in [1.29, 1.82) is 5.26 Å². The molecule has 0 radical (unpaired) electrons. The Labute approximate surface area is 154 Å². The van der Waals surface area contributed by atoms with Crippen molar-refractivity contribution in [2.45, 2.75) is 19.6 Å². The molecular weight excluding hydrogens is 356 g/mol. The molecule has 0 saturated carbocycles. The molecule has 0 aromatic heterocycles. The number of hydrogen-bond donors (Lipinski definition) is 0. The summed E-state index contributed by atoms with van der Waals surface area (Å²) in [6.07, 6.45) is 1.62. The standard InChI is InChI=1S/C20H15F2NO4/c1-13(19(25)16-7-9-17(10-8-16)27-20(21)22)26-18(24)11-6-14-2-4-15(12-23)5-3-14/h2-11,13,20H,1H3/b11-6+/t13-/m0/s1. The molecule has 138 valence electrons. The van der Waals surface area contributed by atoms with E-state index in [4.69, 9.17) is 10.00 Å². The Balaban J connectivity index is 1.93. The van der Waals surface area contributed by atoms with E-state index in [1.165, 1.54) is 43.3 Å². The highest BCUT2D eigenvalue weighted by Crippen LogP contribution is 2.16. The van der Waals surface area contributed by atoms with Gasteiger partial charge in [0.05, 0.1) is 11.6 Å². The van der Waals surface area contributed by atoms with Crippen LogP contribution in [-0.2, 0) is 9.53 Å². The van der Waals surface area contributed by atoms with Crippen LogP contribution in [0.5, 0.6) is 5.75 Å². The van der Waals surface area contributed by atoms with Gasteiger partial charge in [-0.15, -0.1) is 0 Å². The lowest BCUT2D eigenvalue weighted by atomic mass is 10.1. The maximum absolute atomic E-state index is 12.2. The number of Topliss-reactive ketones (excluding diaryl/α,β-unsaturated/α-hetero) is 1. The van der Waals surface area contributed by atoms with Crippen molar-refractivity contribution in [3.8, 4) is 11.8 Å². The van der Waals surface area contributed by atoms with Gasteiger partial charge in [-0.05, 0) is 55.0 Å². The number of nitriles is 1. The van der Waals surface area contributed by atoms with Gasteiger partial charge in [-0.1, -0.05) is 12.1 Å². The number of nitrogens with zero attached hydrogens (tertiary/aromatic N) is 1. The first-order valence-electron chi connectivity index (χ1n) is 7.87. The van der Waals surface area contributed by atoms with Gasteiger partial charge in [0.15, 0.2) is 6.10 Å². The van der Waals surface area contributed by atoms with Crippen molar-refractivity contribution in [3.63, 3.8) is 0 Å². The van der Waals surface area contributed by atoms with Crippen LogP contribution in [0.25, 0.3) is 6.08 Å². The van der Waals surface area contributed by atoms with Gasteiger partial charge in [0.25, 0.3) is 0 Å². The third-order valence-corrected chi connectivity index (χ3v) is 3.48. The Hall–Kier alpha value is -3.53. The number of ether oxygens (including phenoxy) is 2. The molecule has 2 rings (SSSR count). The minimum Gasteiger partial charge on any atom is -0.451 e. The van der Waals surface area contributed by atoms with Crippen molar-refractivity contribution in [1.82, 2.24) is 0 Å². The molecule has 0 unspecified atom stereocenters. The number of alkyl halides is 2. The number of benzene rings is 2. The van der Waals surface area contributed by atoms with Crippen LogP contribution in [0.15, 0.2) is 54.6 Å². The molecule has 1 atom stereocenters. The molecule has 0 aliphatic rings. The average Bonchev–Trinajstić information content (AvgIpc) is 2.66. The molecule has 2 aromatic carbocycles. The van der Waals surface area contributed by atoms with Crippen LogP contribution >= 0.6 is 0 Å². The maximum Gasteiger partial charge on any atom is 0.387 e. The zero-order valence-electron chi connectivity index (χ0n) is 14.3. The molecule has 27 heavy (non-hydrogen) atoms. The molecule has 0 aliphatic carbocycles. The summed E-state index contributed by atoms with van der Waals surface area (Å²) < 4.78 is 33.5. The van der Waals surface area contributed by atoms with E-state index in [2.05, 4.69) is 4.74 Å². The van der Waals surface area contributed by atoms with Crippen LogP contribution in [0.2, 0.25) is 0 Å². The maximum atomic E-state index is 12.2. The van der Waals surface area contributed by atoms with Gasteiger partial charge in [0.2, 0.25) is 5.78 Å². The second-order valence-electron chi connectivity index (χ2n) is 5.41. The predicted molar refractivity (Wildman–Crippen MR) is 93.1 cm³/mol. The van der Waals surface area contributed by atoms with Gasteiger partial charge >= 0.3 is 12.6 Å². The van der Waals surface area contributed by atoms with Crippen LogP contribution in [0.3, 0.4) is 0 Å². The monoisotopic (exact) mass is 371 g/mol. The Bertz CT molecular complexity index is 868. The van der Waals surface area contributed by atoms with Gasteiger partial charge in [-0.25, -0.2) is 4.79 Å². The average molecular weight is 371 g/mol. The number of carbonyl (C=O) groups excluding carboxylic acids is 2. The smallest absolute Gasteiger partial charge is 0.387 e. The van der Waals surface area contributed by atoms with Gasteiger partial charge in [0.1, 0.15) is 5.75 Å². The molecule has 2 aromatic rings. The first-order chi connectivity index (χ1) is 12.9. The lowest BCUT2D eigenvalue weighted by Gasteiger charge is -2.11. The predicted octanol–water partition coefficient (Wildman–Crippen LogP) is 3.99. The van der Waals surface area contributed by atoms with E-state index in [0.29, 0.717) is 11.1 Å². The van der Waals surface area contributed by atoms with Crippen molar-refractivity contribution >= 4 is 17.8 Å². The fraction of sp³-hybridized carbons (Fsp3) is 0.150. The summed E-state index contributed by atoms with van der Waals surface area (Å²) in [6.45, 7) is -1.53. The Kier molecular flexibility index (Phi) is 6.78. The molecule has 0 N–H and O–H groups in total. The van der Waals surface area contributed by atoms with E-state index in [1.807, 2.05) is 6.07 Å². The van der Waals surface area contributed by atoms with Gasteiger partial charge in [0, 0.05) is 11.6 Å². The van der Waals surface area contributed by atoms with E-state index in [1.54, 1.807) is 24.3 Å². The summed E-state index contributed by atoms with van der Waals surface area (Å²) in [6, 6.07) is 13.6. The van der Waals surface area contributed by atoms with Crippen LogP contribution in [0, 0.1) is 11.3 Å². The zero-order valence-corrected chi connectivity index (χ0v) is 14.3. The first kappa shape index (κ1) is 19.8. The van der Waals surface area contributed by atoms with Crippen molar-refractivity contribution in [2.24, 2.45) is 0 Å². The summed E-state index contributed by atoms with van der Waals surface area (Å²) in [4.78, 5) is 24.1. The molecule has 0 amide bonds. The van der Waals surface area contributed by atoms with Gasteiger partial charge in [-0.2, -0.15) is 14.0 Å². The minimum atomic E-state index is -2.95. The van der Waals surface area contributed by atoms with E-state index >= 15 is 0 Å². The number of rotatable bonds is 7. The fourth-order valence-corrected chi connectivity index (χ4v) is 2.14. The van der Waals surface area contributed by atoms with Crippen molar-refractivity contribution in [2.75, 3.05) is 0 Å². The summed E-state index contributed by atoms with van der Waals surface area (Å²) >= 11 is 0. The topological polar surface area (TPSA) is 76.4 Å². The number of carbonyl (C=O) groups is 2. The number of esters is 1. The minimum absolute atomic E-state index is 0.0726. The second kappa shape index (κ2) is 9.25. The first-order valence-corrected chi connectivity index (χ1v) is 7.87. The molecule has 5 nitrogen and oxygen atoms in total. The van der Waals surface area contributed by atoms with E-state index in [-0.39, 0.29) is 11.3 Å². The molecule has 0 spiro atoms. The Morgan fingerprint density at radius 2 is 1.70 bits per heavy atom. The van der Waals surface area contributed by atoms with E-state index < -0.39 is 24.5 Å². The molecular formula is C20H15F2NO4. The van der Waals surface area contributed by atoms with Crippen LogP contribution in [0.4, 0.5) is 8.78 Å². The van der Waals surface area contributed by atoms with Gasteiger partial charge < -0.3 is 9.47 Å². The summed E-state index contributed by atoms with van der Waals surface area (Å²) in [7, 11) is 0. The SMILES string of the molecule is C[C@H](OC(=O)/C=C/c1ccc(C#N)cc1)C(=O)c1ccc(OC(F)F)cc1. The quantitative estimate of drug-likeness (QED) is 0.418. The van der Waals surface area contributed by atoms with Crippen LogP contribution < -0.4 is 4.74 Å². The second-order valence-corrected chi connectivity index (χ2v) is 5.41. The van der Waals surface area contributed by atoms with Crippen molar-refractivity contribution < 1.29 is 27.8 Å². The Morgan fingerprint density at radius 3 is 2.26 bits per heavy atom. The number of hydrogen-bond acceptors (Lipinski definition) is 5. The summed E-state index contributed by atoms with van der Waals surface area (Å²) in [5.74, 6) is -1.26. The molecule has 0 aliphatic heterocycles. The third-order valence-electron chi connectivity index (χ3n) is 3.48. The largest absolute Gasteiger partial charge is 0.451 e. The van der Waals surface area contributed by atoms with E-state index in [0.717, 1.165) is 0 Å². The molecule has 0 saturated heterocycles. The number of halogens is 2. The Morgan fingerprint density at radius 1 is 1.07 bits per heavy atom. The fourth-order valence-electron chi connectivity index (χ4n) is 2.14. The summed E-state index contributed by atoms with van der Waals surface area (Å²) in [5.41, 5.74) is 1.39. The summed E-state index contributed by atoms with van der Waals surface area (Å²) in [5, 5.41) is 8.73. The number of ketones is 1. The molecule has 0 bridgehead atoms. The highest BCUT2D eigenvalue weighted by molar-refractivity contribution is 6.01. The normalized spacial score (nSPS) is 11.8. The molecule has 7 heteroatoms. The molecule has 0 fully saturated rings. The molecule has 0 heterocycles. The van der Waals surface area contributed by atoms with Gasteiger partial charge in [-0.3, -0.25) is 4.79 Å². The highest BCUT2D eigenvalue weighted by atomic mass is 19.3. The van der Waals surface area contributed by atoms with Crippen LogP contribution in [-0.4, -0.2) is 24.5 Å². The lowest BCUT2D eigenvalue weighted by Crippen LogP contribution is -2.23. The van der Waals surface area contributed by atoms with E-state index in [9.17, 15) is 18.4 Å². The zero-order chi connectivity index (χ0) is 19.8.